The maximum Gasteiger partial charge on any atom is 0.344 e. The third-order valence-corrected chi connectivity index (χ3v) is 3.83. The SMILES string of the molecule is CCOC(=O)COc1ccc2[nH]c3c(c2c1)CCNC3C(=O)O. The molecule has 2 heterocycles. The lowest BCUT2D eigenvalue weighted by molar-refractivity contribution is -0.145. The van der Waals surface area contributed by atoms with E-state index in [1.807, 2.05) is 12.1 Å². The van der Waals surface area contributed by atoms with Gasteiger partial charge >= 0.3 is 11.9 Å². The fourth-order valence-electron chi connectivity index (χ4n) is 2.85. The van der Waals surface area contributed by atoms with Crippen LogP contribution in [0.4, 0.5) is 0 Å². The molecule has 1 atom stereocenters. The third kappa shape index (κ3) is 3.00. The maximum absolute atomic E-state index is 11.4. The normalized spacial score (nSPS) is 16.8. The summed E-state index contributed by atoms with van der Waals surface area (Å²) in [6.07, 6.45) is 0.737. The van der Waals surface area contributed by atoms with Gasteiger partial charge in [-0.3, -0.25) is 10.1 Å². The molecule has 0 fully saturated rings. The molecular formula is C16H18N2O5. The number of H-pyrrole nitrogens is 1. The molecule has 1 unspecified atom stereocenters. The number of aliphatic carboxylic acids is 1. The van der Waals surface area contributed by atoms with Crippen LogP contribution in [0.3, 0.4) is 0 Å². The molecule has 2 aromatic rings. The van der Waals surface area contributed by atoms with Gasteiger partial charge in [-0.15, -0.1) is 0 Å². The number of aromatic amines is 1. The number of rotatable bonds is 5. The predicted octanol–water partition coefficient (Wildman–Crippen LogP) is 1.38. The lowest BCUT2D eigenvalue weighted by Crippen LogP contribution is -2.34. The zero-order valence-corrected chi connectivity index (χ0v) is 12.7. The Labute approximate surface area is 132 Å². The average molecular weight is 318 g/mol. The Hall–Kier alpha value is -2.54. The van der Waals surface area contributed by atoms with E-state index in [2.05, 4.69) is 10.3 Å². The summed E-state index contributed by atoms with van der Waals surface area (Å²) in [5, 5.41) is 13.2. The summed E-state index contributed by atoms with van der Waals surface area (Å²) in [4.78, 5) is 25.9. The van der Waals surface area contributed by atoms with E-state index in [0.29, 0.717) is 24.6 Å². The van der Waals surface area contributed by atoms with Crippen molar-refractivity contribution in [2.24, 2.45) is 0 Å². The molecular weight excluding hydrogens is 300 g/mol. The van der Waals surface area contributed by atoms with Gasteiger partial charge in [0.05, 0.1) is 6.61 Å². The molecule has 122 valence electrons. The van der Waals surface area contributed by atoms with E-state index in [4.69, 9.17) is 9.47 Å². The van der Waals surface area contributed by atoms with Crippen molar-refractivity contribution in [3.8, 4) is 5.75 Å². The molecule has 0 saturated carbocycles. The highest BCUT2D eigenvalue weighted by molar-refractivity contribution is 5.89. The lowest BCUT2D eigenvalue weighted by Gasteiger charge is -2.20. The number of carbonyl (C=O) groups excluding carboxylic acids is 1. The maximum atomic E-state index is 11.4. The van der Waals surface area contributed by atoms with E-state index in [1.54, 1.807) is 13.0 Å². The van der Waals surface area contributed by atoms with Gasteiger partial charge in [-0.1, -0.05) is 0 Å². The van der Waals surface area contributed by atoms with Gasteiger partial charge < -0.3 is 19.6 Å². The van der Waals surface area contributed by atoms with Gasteiger partial charge in [0.25, 0.3) is 0 Å². The molecule has 23 heavy (non-hydrogen) atoms. The number of nitrogens with one attached hydrogen (secondary N) is 2. The third-order valence-electron chi connectivity index (χ3n) is 3.83. The smallest absolute Gasteiger partial charge is 0.344 e. The number of esters is 1. The number of fused-ring (bicyclic) bond motifs is 3. The zero-order chi connectivity index (χ0) is 16.4. The van der Waals surface area contributed by atoms with Crippen LogP contribution >= 0.6 is 0 Å². The molecule has 1 aromatic heterocycles. The second kappa shape index (κ2) is 6.29. The Morgan fingerprint density at radius 1 is 1.39 bits per heavy atom. The minimum absolute atomic E-state index is 0.148. The van der Waals surface area contributed by atoms with Crippen LogP contribution in [0.2, 0.25) is 0 Å². The zero-order valence-electron chi connectivity index (χ0n) is 12.7. The first-order valence-corrected chi connectivity index (χ1v) is 7.49. The molecule has 0 spiro atoms. The van der Waals surface area contributed by atoms with Gasteiger partial charge in [-0.05, 0) is 37.1 Å². The molecule has 0 radical (unpaired) electrons. The number of aromatic nitrogens is 1. The van der Waals surface area contributed by atoms with Gasteiger partial charge in [-0.25, -0.2) is 4.79 Å². The van der Waals surface area contributed by atoms with E-state index < -0.39 is 18.0 Å². The van der Waals surface area contributed by atoms with Crippen LogP contribution in [0.25, 0.3) is 10.9 Å². The highest BCUT2D eigenvalue weighted by Gasteiger charge is 2.29. The van der Waals surface area contributed by atoms with Gasteiger partial charge in [0.1, 0.15) is 11.8 Å². The first-order chi connectivity index (χ1) is 11.1. The Balaban J connectivity index is 1.88. The largest absolute Gasteiger partial charge is 0.482 e. The summed E-state index contributed by atoms with van der Waals surface area (Å²) in [7, 11) is 0. The lowest BCUT2D eigenvalue weighted by atomic mass is 9.99. The second-order valence-electron chi connectivity index (χ2n) is 5.29. The fourth-order valence-corrected chi connectivity index (χ4v) is 2.85. The van der Waals surface area contributed by atoms with E-state index >= 15 is 0 Å². The molecule has 1 aliphatic heterocycles. The average Bonchev–Trinajstić information content (AvgIpc) is 2.91. The Morgan fingerprint density at radius 2 is 2.22 bits per heavy atom. The van der Waals surface area contributed by atoms with Crippen molar-refractivity contribution in [2.45, 2.75) is 19.4 Å². The molecule has 0 amide bonds. The molecule has 1 aliphatic rings. The van der Waals surface area contributed by atoms with Crippen LogP contribution in [-0.4, -0.2) is 41.8 Å². The Bertz CT molecular complexity index is 752. The number of benzene rings is 1. The van der Waals surface area contributed by atoms with Crippen molar-refractivity contribution in [1.82, 2.24) is 10.3 Å². The van der Waals surface area contributed by atoms with Crippen LogP contribution in [0.1, 0.15) is 24.2 Å². The van der Waals surface area contributed by atoms with E-state index in [1.165, 1.54) is 0 Å². The van der Waals surface area contributed by atoms with Crippen LogP contribution in [0.5, 0.6) is 5.75 Å². The minimum Gasteiger partial charge on any atom is -0.482 e. The summed E-state index contributed by atoms with van der Waals surface area (Å²) >= 11 is 0. The Morgan fingerprint density at radius 3 is 2.96 bits per heavy atom. The van der Waals surface area contributed by atoms with E-state index in [-0.39, 0.29) is 6.61 Å². The quantitative estimate of drug-likeness (QED) is 0.720. The molecule has 3 rings (SSSR count). The van der Waals surface area contributed by atoms with Crippen molar-refractivity contribution < 1.29 is 24.2 Å². The van der Waals surface area contributed by atoms with Crippen LogP contribution in [0.15, 0.2) is 18.2 Å². The summed E-state index contributed by atoms with van der Waals surface area (Å²) in [6, 6.07) is 4.67. The molecule has 0 aliphatic carbocycles. The highest BCUT2D eigenvalue weighted by atomic mass is 16.6. The van der Waals surface area contributed by atoms with Crippen molar-refractivity contribution in [1.29, 1.82) is 0 Å². The molecule has 7 heteroatoms. The van der Waals surface area contributed by atoms with Crippen molar-refractivity contribution in [3.63, 3.8) is 0 Å². The van der Waals surface area contributed by atoms with Gasteiger partial charge in [0.2, 0.25) is 0 Å². The van der Waals surface area contributed by atoms with Crippen LogP contribution < -0.4 is 10.1 Å². The monoisotopic (exact) mass is 318 g/mol. The van der Waals surface area contributed by atoms with Gasteiger partial charge in [0.15, 0.2) is 6.61 Å². The number of hydrogen-bond acceptors (Lipinski definition) is 5. The molecule has 7 nitrogen and oxygen atoms in total. The summed E-state index contributed by atoms with van der Waals surface area (Å²) in [6.45, 7) is 2.51. The van der Waals surface area contributed by atoms with Gasteiger partial charge in [0, 0.05) is 23.1 Å². The first-order valence-electron chi connectivity index (χ1n) is 7.49. The van der Waals surface area contributed by atoms with Crippen LogP contribution in [0, 0.1) is 0 Å². The predicted molar refractivity (Wildman–Crippen MR) is 82.5 cm³/mol. The Kier molecular flexibility index (Phi) is 4.20. The minimum atomic E-state index is -0.906. The van der Waals surface area contributed by atoms with Gasteiger partial charge in [-0.2, -0.15) is 0 Å². The van der Waals surface area contributed by atoms with Crippen LogP contribution in [-0.2, 0) is 20.7 Å². The molecule has 0 saturated heterocycles. The molecule has 0 bridgehead atoms. The highest BCUT2D eigenvalue weighted by Crippen LogP contribution is 2.32. The van der Waals surface area contributed by atoms with Crippen molar-refractivity contribution in [2.75, 3.05) is 19.8 Å². The number of ether oxygens (including phenoxy) is 2. The number of hydrogen-bond donors (Lipinski definition) is 3. The summed E-state index contributed by atoms with van der Waals surface area (Å²) in [5.41, 5.74) is 2.52. The van der Waals surface area contributed by atoms with Crippen molar-refractivity contribution >= 4 is 22.8 Å². The standard InChI is InChI=1S/C16H18N2O5/c1-2-22-13(19)8-23-9-3-4-12-11(7-9)10-5-6-17-15(16(20)21)14(10)18-12/h3-4,7,15,17-18H,2,5-6,8H2,1H3,(H,20,21). The van der Waals surface area contributed by atoms with E-state index in [9.17, 15) is 14.7 Å². The first kappa shape index (κ1) is 15.4. The summed E-state index contributed by atoms with van der Waals surface area (Å²) < 4.78 is 10.3. The number of carboxylic acid groups (broad SMARTS) is 1. The molecule has 1 aromatic carbocycles. The summed E-state index contributed by atoms with van der Waals surface area (Å²) in [5.74, 6) is -0.770. The van der Waals surface area contributed by atoms with Crippen molar-refractivity contribution in [3.05, 3.63) is 29.5 Å². The second-order valence-corrected chi connectivity index (χ2v) is 5.29. The molecule has 3 N–H and O–H groups in total. The van der Waals surface area contributed by atoms with E-state index in [0.717, 1.165) is 22.9 Å². The fraction of sp³-hybridized carbons (Fsp3) is 0.375. The number of carbonyl (C=O) groups is 2. The number of carboxylic acids is 1. The topological polar surface area (TPSA) is 101 Å².